The molecule has 2 heterocycles. The summed E-state index contributed by atoms with van der Waals surface area (Å²) in [5.74, 6) is 0.0630. The van der Waals surface area contributed by atoms with E-state index >= 15 is 0 Å². The molecule has 4 nitrogen and oxygen atoms in total. The maximum absolute atomic E-state index is 12.5. The number of pyridine rings is 1. The van der Waals surface area contributed by atoms with Crippen molar-refractivity contribution in [2.24, 2.45) is 0 Å². The van der Waals surface area contributed by atoms with Crippen LogP contribution in [0, 0.1) is 0 Å². The molecule has 0 fully saturated rings. The predicted molar refractivity (Wildman–Crippen MR) is 51.9 cm³/mol. The van der Waals surface area contributed by atoms with E-state index in [4.69, 9.17) is 0 Å². The van der Waals surface area contributed by atoms with Gasteiger partial charge in [0.25, 0.3) is 0 Å². The second kappa shape index (κ2) is 3.85. The molecule has 0 amide bonds. The molecular formula is C8H4BrF3N4. The summed E-state index contributed by atoms with van der Waals surface area (Å²) in [7, 11) is 0. The van der Waals surface area contributed by atoms with Crippen LogP contribution >= 0.6 is 15.9 Å². The van der Waals surface area contributed by atoms with Gasteiger partial charge in [0.05, 0.1) is 6.20 Å². The van der Waals surface area contributed by atoms with Gasteiger partial charge in [0.2, 0.25) is 0 Å². The minimum atomic E-state index is -4.50. The Morgan fingerprint density at radius 2 is 1.94 bits per heavy atom. The first-order chi connectivity index (χ1) is 7.48. The maximum Gasteiger partial charge on any atom is 0.435 e. The molecule has 0 saturated carbocycles. The fourth-order valence-corrected chi connectivity index (χ4v) is 1.33. The van der Waals surface area contributed by atoms with Gasteiger partial charge < -0.3 is 0 Å². The average molecular weight is 293 g/mol. The van der Waals surface area contributed by atoms with E-state index < -0.39 is 11.9 Å². The van der Waals surface area contributed by atoms with E-state index in [2.05, 4.69) is 31.2 Å². The van der Waals surface area contributed by atoms with Crippen molar-refractivity contribution < 1.29 is 13.2 Å². The van der Waals surface area contributed by atoms with E-state index in [1.54, 1.807) is 6.07 Å². The average Bonchev–Trinajstić information content (AvgIpc) is 2.66. The number of alkyl halides is 3. The second-order valence-corrected chi connectivity index (χ2v) is 3.78. The molecule has 2 rings (SSSR count). The summed E-state index contributed by atoms with van der Waals surface area (Å²) in [6.45, 7) is 0. The molecule has 0 atom stereocenters. The number of halogens is 4. The highest BCUT2D eigenvalue weighted by molar-refractivity contribution is 9.10. The Morgan fingerprint density at radius 1 is 1.19 bits per heavy atom. The van der Waals surface area contributed by atoms with E-state index in [9.17, 15) is 13.2 Å². The summed E-state index contributed by atoms with van der Waals surface area (Å²) in [6.07, 6.45) is -2.46. The van der Waals surface area contributed by atoms with Crippen molar-refractivity contribution in [3.63, 3.8) is 0 Å². The Bertz CT molecular complexity index is 491. The van der Waals surface area contributed by atoms with E-state index in [1.165, 1.54) is 12.3 Å². The van der Waals surface area contributed by atoms with Crippen LogP contribution < -0.4 is 0 Å². The van der Waals surface area contributed by atoms with Crippen LogP contribution in [-0.4, -0.2) is 20.0 Å². The Morgan fingerprint density at radius 3 is 2.50 bits per heavy atom. The molecule has 0 aliphatic carbocycles. The number of rotatable bonds is 1. The van der Waals surface area contributed by atoms with Gasteiger partial charge in [0.1, 0.15) is 0 Å². The van der Waals surface area contributed by atoms with Crippen LogP contribution in [0.5, 0.6) is 0 Å². The van der Waals surface area contributed by atoms with Gasteiger partial charge in [-0.05, 0) is 28.1 Å². The molecule has 0 radical (unpaired) electrons. The molecule has 2 aromatic heterocycles. The SMILES string of the molecule is FC(F)(F)c1cnnn1-c1ccc(Br)cn1. The molecule has 16 heavy (non-hydrogen) atoms. The third-order valence-corrected chi connectivity index (χ3v) is 2.24. The van der Waals surface area contributed by atoms with Crippen LogP contribution in [0.25, 0.3) is 5.82 Å². The summed E-state index contributed by atoms with van der Waals surface area (Å²) >= 11 is 3.14. The first kappa shape index (κ1) is 11.1. The quantitative estimate of drug-likeness (QED) is 0.811. The summed E-state index contributed by atoms with van der Waals surface area (Å²) in [5.41, 5.74) is -0.956. The number of hydrogen-bond donors (Lipinski definition) is 0. The van der Waals surface area contributed by atoms with Crippen molar-refractivity contribution in [2.45, 2.75) is 6.18 Å². The topological polar surface area (TPSA) is 43.6 Å². The van der Waals surface area contributed by atoms with Gasteiger partial charge in [-0.15, -0.1) is 5.10 Å². The standard InChI is InChI=1S/C8H4BrF3N4/c9-5-1-2-7(13-3-5)16-6(4-14-15-16)8(10,11)12/h1-4H. The molecule has 8 heteroatoms. The Labute approximate surface area is 96.2 Å². The van der Waals surface area contributed by atoms with Crippen molar-refractivity contribution >= 4 is 15.9 Å². The third-order valence-electron chi connectivity index (χ3n) is 1.77. The van der Waals surface area contributed by atoms with Crippen molar-refractivity contribution in [1.82, 2.24) is 20.0 Å². The van der Waals surface area contributed by atoms with E-state index in [-0.39, 0.29) is 5.82 Å². The molecule has 0 aliphatic rings. The number of hydrogen-bond acceptors (Lipinski definition) is 3. The highest BCUT2D eigenvalue weighted by Gasteiger charge is 2.36. The minimum Gasteiger partial charge on any atom is -0.236 e. The summed E-state index contributed by atoms with van der Waals surface area (Å²) < 4.78 is 38.8. The van der Waals surface area contributed by atoms with Crippen molar-refractivity contribution in [1.29, 1.82) is 0 Å². The van der Waals surface area contributed by atoms with Crippen LogP contribution in [0.15, 0.2) is 29.0 Å². The largest absolute Gasteiger partial charge is 0.435 e. The molecular weight excluding hydrogens is 289 g/mol. The smallest absolute Gasteiger partial charge is 0.236 e. The third kappa shape index (κ3) is 2.06. The van der Waals surface area contributed by atoms with Gasteiger partial charge >= 0.3 is 6.18 Å². The van der Waals surface area contributed by atoms with Crippen LogP contribution in [0.1, 0.15) is 5.69 Å². The van der Waals surface area contributed by atoms with E-state index in [1.807, 2.05) is 0 Å². The van der Waals surface area contributed by atoms with Crippen LogP contribution in [0.4, 0.5) is 13.2 Å². The zero-order chi connectivity index (χ0) is 11.8. The molecule has 0 unspecified atom stereocenters. The number of aromatic nitrogens is 4. The Balaban J connectivity index is 2.49. The zero-order valence-corrected chi connectivity index (χ0v) is 9.20. The lowest BCUT2D eigenvalue weighted by atomic mass is 10.4. The van der Waals surface area contributed by atoms with E-state index in [0.29, 0.717) is 15.4 Å². The lowest BCUT2D eigenvalue weighted by Crippen LogP contribution is -2.14. The van der Waals surface area contributed by atoms with Crippen LogP contribution in [-0.2, 0) is 6.18 Å². The second-order valence-electron chi connectivity index (χ2n) is 2.86. The van der Waals surface area contributed by atoms with Crippen LogP contribution in [0.3, 0.4) is 0 Å². The fraction of sp³-hybridized carbons (Fsp3) is 0.125. The van der Waals surface area contributed by atoms with Gasteiger partial charge in [-0.25, -0.2) is 4.98 Å². The summed E-state index contributed by atoms with van der Waals surface area (Å²) in [6, 6.07) is 2.98. The predicted octanol–water partition coefficient (Wildman–Crippen LogP) is 2.44. The Kier molecular flexibility index (Phi) is 2.66. The zero-order valence-electron chi connectivity index (χ0n) is 7.61. The molecule has 0 N–H and O–H groups in total. The molecule has 2 aromatic rings. The molecule has 0 aliphatic heterocycles. The van der Waals surface area contributed by atoms with Crippen molar-refractivity contribution in [3.8, 4) is 5.82 Å². The monoisotopic (exact) mass is 292 g/mol. The molecule has 0 aromatic carbocycles. The first-order valence-corrected chi connectivity index (χ1v) is 4.87. The van der Waals surface area contributed by atoms with Crippen LogP contribution in [0.2, 0.25) is 0 Å². The van der Waals surface area contributed by atoms with Gasteiger partial charge in [-0.1, -0.05) is 5.21 Å². The summed E-state index contributed by atoms with van der Waals surface area (Å²) in [5, 5.41) is 6.58. The van der Waals surface area contributed by atoms with Gasteiger partial charge in [-0.2, -0.15) is 17.9 Å². The van der Waals surface area contributed by atoms with Gasteiger partial charge in [0, 0.05) is 10.7 Å². The van der Waals surface area contributed by atoms with Crippen molar-refractivity contribution in [3.05, 3.63) is 34.7 Å². The molecule has 0 spiro atoms. The molecule has 0 bridgehead atoms. The Hall–Kier alpha value is -1.44. The lowest BCUT2D eigenvalue weighted by Gasteiger charge is -2.07. The molecule has 84 valence electrons. The summed E-state index contributed by atoms with van der Waals surface area (Å²) in [4.78, 5) is 3.81. The molecule has 0 saturated heterocycles. The first-order valence-electron chi connectivity index (χ1n) is 4.08. The lowest BCUT2D eigenvalue weighted by molar-refractivity contribution is -0.142. The highest BCUT2D eigenvalue weighted by Crippen LogP contribution is 2.29. The number of nitrogens with zero attached hydrogens (tertiary/aromatic N) is 4. The maximum atomic E-state index is 12.5. The minimum absolute atomic E-state index is 0.0630. The van der Waals surface area contributed by atoms with Crippen molar-refractivity contribution in [2.75, 3.05) is 0 Å². The van der Waals surface area contributed by atoms with Gasteiger partial charge in [-0.3, -0.25) is 0 Å². The van der Waals surface area contributed by atoms with Gasteiger partial charge in [0.15, 0.2) is 11.5 Å². The normalized spacial score (nSPS) is 11.8. The highest BCUT2D eigenvalue weighted by atomic mass is 79.9. The van der Waals surface area contributed by atoms with E-state index in [0.717, 1.165) is 0 Å². The fourth-order valence-electron chi connectivity index (χ4n) is 1.09.